The lowest BCUT2D eigenvalue weighted by Crippen LogP contribution is -1.73. The second-order valence-corrected chi connectivity index (χ2v) is 8.23. The molecule has 0 aromatic carbocycles. The SMILES string of the molecule is C=C(SCC)c1ccc(-c2ccc(C(C)S)s2)s1. The number of thiophene rings is 2. The highest BCUT2D eigenvalue weighted by Crippen LogP contribution is 2.39. The Bertz CT molecular complexity index is 533. The fourth-order valence-electron chi connectivity index (χ4n) is 1.58. The third-order valence-electron chi connectivity index (χ3n) is 2.48. The Balaban J connectivity index is 2.21. The molecule has 0 nitrogen and oxygen atoms in total. The van der Waals surface area contributed by atoms with E-state index < -0.39 is 0 Å². The summed E-state index contributed by atoms with van der Waals surface area (Å²) in [7, 11) is 0. The molecule has 0 fully saturated rings. The molecule has 2 rings (SSSR count). The molecular formula is C14H16S4. The molecule has 0 N–H and O–H groups in total. The van der Waals surface area contributed by atoms with Crippen molar-refractivity contribution < 1.29 is 0 Å². The molecule has 1 atom stereocenters. The van der Waals surface area contributed by atoms with Crippen molar-refractivity contribution in [2.24, 2.45) is 0 Å². The van der Waals surface area contributed by atoms with Crippen molar-refractivity contribution >= 4 is 52.0 Å². The highest BCUT2D eigenvalue weighted by Gasteiger charge is 2.09. The summed E-state index contributed by atoms with van der Waals surface area (Å²) < 4.78 is 0. The molecule has 0 aliphatic carbocycles. The number of rotatable bonds is 5. The summed E-state index contributed by atoms with van der Waals surface area (Å²) in [5.74, 6) is 1.08. The first-order valence-electron chi connectivity index (χ1n) is 5.82. The molecule has 2 aromatic rings. The first-order chi connectivity index (χ1) is 8.61. The lowest BCUT2D eigenvalue weighted by Gasteiger charge is -1.98. The van der Waals surface area contributed by atoms with E-state index in [9.17, 15) is 0 Å². The minimum Gasteiger partial charge on any atom is -0.171 e. The molecule has 0 amide bonds. The fraction of sp³-hybridized carbons (Fsp3) is 0.286. The molecular weight excluding hydrogens is 296 g/mol. The van der Waals surface area contributed by atoms with Gasteiger partial charge in [0.25, 0.3) is 0 Å². The Morgan fingerprint density at radius 1 is 1.28 bits per heavy atom. The maximum Gasteiger partial charge on any atom is 0.0449 e. The van der Waals surface area contributed by atoms with E-state index in [2.05, 4.69) is 57.3 Å². The minimum atomic E-state index is 0.314. The molecule has 4 heteroatoms. The van der Waals surface area contributed by atoms with Crippen molar-refractivity contribution in [3.8, 4) is 9.75 Å². The van der Waals surface area contributed by atoms with Crippen LogP contribution in [-0.4, -0.2) is 5.75 Å². The average molecular weight is 313 g/mol. The Hall–Kier alpha value is -0.160. The molecule has 0 radical (unpaired) electrons. The van der Waals surface area contributed by atoms with Gasteiger partial charge in [0.05, 0.1) is 0 Å². The molecule has 0 saturated carbocycles. The maximum atomic E-state index is 4.48. The van der Waals surface area contributed by atoms with Crippen LogP contribution in [0.2, 0.25) is 0 Å². The standard InChI is InChI=1S/C14H16S4/c1-4-16-10(3)12-6-8-14(18-12)13-7-5-11(17-13)9(2)15/h5-9,15H,3-4H2,1-2H3. The predicted octanol–water partition coefficient (Wildman–Crippen LogP) is 6.19. The van der Waals surface area contributed by atoms with Crippen LogP contribution in [0.15, 0.2) is 30.8 Å². The fourth-order valence-corrected chi connectivity index (χ4v) is 4.59. The monoisotopic (exact) mass is 312 g/mol. The van der Waals surface area contributed by atoms with Gasteiger partial charge >= 0.3 is 0 Å². The van der Waals surface area contributed by atoms with Crippen LogP contribution in [0.4, 0.5) is 0 Å². The van der Waals surface area contributed by atoms with Crippen molar-refractivity contribution in [1.29, 1.82) is 0 Å². The second-order valence-electron chi connectivity index (χ2n) is 3.90. The van der Waals surface area contributed by atoms with E-state index >= 15 is 0 Å². The Kier molecular flexibility index (Phi) is 5.01. The first kappa shape index (κ1) is 14.3. The van der Waals surface area contributed by atoms with E-state index in [1.807, 2.05) is 34.4 Å². The maximum absolute atomic E-state index is 4.48. The Morgan fingerprint density at radius 2 is 1.94 bits per heavy atom. The van der Waals surface area contributed by atoms with Gasteiger partial charge in [-0.3, -0.25) is 0 Å². The molecule has 0 aliphatic rings. The third-order valence-corrected chi connectivity index (χ3v) is 6.53. The summed E-state index contributed by atoms with van der Waals surface area (Å²) in [5, 5.41) is 0.314. The minimum absolute atomic E-state index is 0.314. The Morgan fingerprint density at radius 3 is 2.56 bits per heavy atom. The molecule has 96 valence electrons. The first-order valence-corrected chi connectivity index (χ1v) is 8.95. The molecule has 0 bridgehead atoms. The van der Waals surface area contributed by atoms with E-state index in [1.165, 1.54) is 24.4 Å². The van der Waals surface area contributed by atoms with Crippen molar-refractivity contribution in [2.45, 2.75) is 19.1 Å². The zero-order valence-corrected chi connectivity index (χ0v) is 13.8. The second kappa shape index (κ2) is 6.33. The van der Waals surface area contributed by atoms with E-state index in [4.69, 9.17) is 0 Å². The van der Waals surface area contributed by atoms with Crippen molar-refractivity contribution in [3.05, 3.63) is 40.6 Å². The van der Waals surface area contributed by atoms with Crippen molar-refractivity contribution in [1.82, 2.24) is 0 Å². The molecule has 1 unspecified atom stereocenters. The zero-order valence-electron chi connectivity index (χ0n) is 10.5. The number of thioether (sulfide) groups is 1. The molecule has 2 heterocycles. The van der Waals surface area contributed by atoms with Gasteiger partial charge in [-0.05, 0) is 36.9 Å². The largest absolute Gasteiger partial charge is 0.171 e. The van der Waals surface area contributed by atoms with E-state index in [1.54, 1.807) is 0 Å². The number of hydrogen-bond acceptors (Lipinski definition) is 4. The van der Waals surface area contributed by atoms with E-state index in [0.717, 1.165) is 5.75 Å². The van der Waals surface area contributed by atoms with Gasteiger partial charge < -0.3 is 0 Å². The van der Waals surface area contributed by atoms with Crippen LogP contribution in [0.1, 0.15) is 28.9 Å². The normalized spacial score (nSPS) is 12.6. The van der Waals surface area contributed by atoms with Crippen LogP contribution in [0.3, 0.4) is 0 Å². The van der Waals surface area contributed by atoms with Gasteiger partial charge in [-0.1, -0.05) is 13.5 Å². The van der Waals surface area contributed by atoms with Crippen LogP contribution >= 0.6 is 47.1 Å². The van der Waals surface area contributed by atoms with Gasteiger partial charge in [-0.2, -0.15) is 12.6 Å². The lowest BCUT2D eigenvalue weighted by atomic mass is 10.3. The van der Waals surface area contributed by atoms with Crippen molar-refractivity contribution in [2.75, 3.05) is 5.75 Å². The van der Waals surface area contributed by atoms with Crippen LogP contribution in [0, 0.1) is 0 Å². The van der Waals surface area contributed by atoms with Gasteiger partial charge in [-0.25, -0.2) is 0 Å². The van der Waals surface area contributed by atoms with Crippen molar-refractivity contribution in [3.63, 3.8) is 0 Å². The van der Waals surface area contributed by atoms with E-state index in [0.29, 0.717) is 5.25 Å². The molecule has 0 aliphatic heterocycles. The highest BCUT2D eigenvalue weighted by atomic mass is 32.2. The summed E-state index contributed by atoms with van der Waals surface area (Å²) in [5.41, 5.74) is 0. The van der Waals surface area contributed by atoms with Gasteiger partial charge in [0.2, 0.25) is 0 Å². The van der Waals surface area contributed by atoms with Gasteiger partial charge in [0, 0.05) is 29.7 Å². The predicted molar refractivity (Wildman–Crippen MR) is 92.2 cm³/mol. The van der Waals surface area contributed by atoms with Crippen LogP contribution in [0.25, 0.3) is 14.7 Å². The quantitative estimate of drug-likeness (QED) is 0.642. The summed E-state index contributed by atoms with van der Waals surface area (Å²) in [6.45, 7) is 8.39. The summed E-state index contributed by atoms with van der Waals surface area (Å²) in [4.78, 5) is 6.44. The number of thiol groups is 1. The smallest absolute Gasteiger partial charge is 0.0449 e. The Labute approximate surface area is 127 Å². The molecule has 0 spiro atoms. The summed E-state index contributed by atoms with van der Waals surface area (Å²) in [6.07, 6.45) is 0. The van der Waals surface area contributed by atoms with Gasteiger partial charge in [-0.15, -0.1) is 34.4 Å². The lowest BCUT2D eigenvalue weighted by molar-refractivity contribution is 1.15. The summed E-state index contributed by atoms with van der Waals surface area (Å²) >= 11 is 9.94. The third kappa shape index (κ3) is 3.23. The topological polar surface area (TPSA) is 0 Å². The summed E-state index contributed by atoms with van der Waals surface area (Å²) in [6, 6.07) is 8.74. The molecule has 18 heavy (non-hydrogen) atoms. The van der Waals surface area contributed by atoms with Gasteiger partial charge in [0.1, 0.15) is 0 Å². The number of hydrogen-bond donors (Lipinski definition) is 1. The molecule has 0 saturated heterocycles. The molecule has 2 aromatic heterocycles. The average Bonchev–Trinajstić information content (AvgIpc) is 2.98. The van der Waals surface area contributed by atoms with Crippen LogP contribution in [0.5, 0.6) is 0 Å². The van der Waals surface area contributed by atoms with E-state index in [-0.39, 0.29) is 0 Å². The van der Waals surface area contributed by atoms with Crippen LogP contribution in [-0.2, 0) is 0 Å². The zero-order chi connectivity index (χ0) is 13.1. The van der Waals surface area contributed by atoms with Crippen LogP contribution < -0.4 is 0 Å². The highest BCUT2D eigenvalue weighted by molar-refractivity contribution is 8.08. The van der Waals surface area contributed by atoms with Gasteiger partial charge in [0.15, 0.2) is 0 Å².